The summed E-state index contributed by atoms with van der Waals surface area (Å²) in [5.41, 5.74) is 0. The first-order valence-electron chi connectivity index (χ1n) is 0. The van der Waals surface area contributed by atoms with E-state index in [0.29, 0.717) is 0 Å². The Kier molecular flexibility index (Phi) is 126. The van der Waals surface area contributed by atoms with Crippen molar-refractivity contribution in [2.75, 3.05) is 0 Å². The molecule has 0 heterocycles. The van der Waals surface area contributed by atoms with Crippen LogP contribution in [0.4, 0.5) is 0 Å². The second kappa shape index (κ2) is 17.1. The van der Waals surface area contributed by atoms with E-state index in [1.54, 1.807) is 0 Å². The Hall–Kier alpha value is 2.77. The minimum atomic E-state index is 0. The summed E-state index contributed by atoms with van der Waals surface area (Å²) in [4.78, 5) is 0. The molecule has 0 N–H and O–H groups in total. The number of rotatable bonds is 0. The molecule has 0 aliphatic rings. The molecule has 0 aliphatic carbocycles. The van der Waals surface area contributed by atoms with Gasteiger partial charge in [0, 0.05) is 82.1 Å². The van der Waals surface area contributed by atoms with Gasteiger partial charge in [-0.3, -0.25) is 0 Å². The second-order valence-corrected chi connectivity index (χ2v) is 0. The molecule has 0 saturated heterocycles. The standard InChI is InChI=1S/BH3.Mo.Th.W/h1H3;;;. The Morgan fingerprint density at radius 3 is 1.00 bits per heavy atom. The van der Waals surface area contributed by atoms with Crippen molar-refractivity contribution in [1.82, 2.24) is 0 Å². The van der Waals surface area contributed by atoms with E-state index in [1.165, 1.54) is 0 Å². The van der Waals surface area contributed by atoms with Gasteiger partial charge in [0.05, 0.1) is 8.41 Å². The first kappa shape index (κ1) is 29.4. The zero-order valence-corrected chi connectivity index (χ0v) is 10.4. The molecule has 0 bridgehead atoms. The van der Waals surface area contributed by atoms with E-state index < -0.39 is 0 Å². The number of hydrogen-bond donors (Lipinski definition) is 0. The van der Waals surface area contributed by atoms with E-state index in [1.807, 2.05) is 0 Å². The van der Waals surface area contributed by atoms with Crippen molar-refractivity contribution in [1.29, 1.82) is 0 Å². The summed E-state index contributed by atoms with van der Waals surface area (Å²) in [5.74, 6) is 0. The molecule has 0 spiro atoms. The maximum absolute atomic E-state index is 0. The van der Waals surface area contributed by atoms with Gasteiger partial charge in [-0.2, -0.15) is 0 Å². The molecule has 0 aromatic rings. The predicted octanol–water partition coefficient (Wildman–Crippen LogP) is -1.19. The molecule has 0 amide bonds. The van der Waals surface area contributed by atoms with E-state index in [2.05, 4.69) is 0 Å². The fraction of sp³-hybridized carbons (Fsp3) is 0. The van der Waals surface area contributed by atoms with E-state index in [0.717, 1.165) is 0 Å². The van der Waals surface area contributed by atoms with Gasteiger partial charge in [0.1, 0.15) is 0 Å². The molecule has 4 heteroatoms. The average Bonchev–Trinajstić information content (AvgIpc) is 0. The van der Waals surface area contributed by atoms with Crippen LogP contribution in [-0.4, -0.2) is 8.41 Å². The van der Waals surface area contributed by atoms with Crippen molar-refractivity contribution in [2.24, 2.45) is 0 Å². The second-order valence-electron chi connectivity index (χ2n) is 0. The summed E-state index contributed by atoms with van der Waals surface area (Å²) in [7, 11) is 0. The molecule has 0 aromatic heterocycles. The van der Waals surface area contributed by atoms with E-state index in [-0.39, 0.29) is 90.5 Å². The fourth-order valence-corrected chi connectivity index (χ4v) is 0. The van der Waals surface area contributed by atoms with Gasteiger partial charge in [0.25, 0.3) is 0 Å². The SMILES string of the molecule is B.[Mo].[Th].[W]. The van der Waals surface area contributed by atoms with Crippen LogP contribution in [0.1, 0.15) is 0 Å². The van der Waals surface area contributed by atoms with Crippen LogP contribution in [0, 0.1) is 39.9 Å². The van der Waals surface area contributed by atoms with Gasteiger partial charge in [-0.15, -0.1) is 0 Å². The molecular weight excluding hydrogens is 523 g/mol. The summed E-state index contributed by atoms with van der Waals surface area (Å²) < 4.78 is 0. The summed E-state index contributed by atoms with van der Waals surface area (Å²) in [5, 5.41) is 0. The van der Waals surface area contributed by atoms with Gasteiger partial charge in [-0.05, 0) is 0 Å². The minimum Gasteiger partial charge on any atom is 0 e. The predicted molar refractivity (Wildman–Crippen MR) is 9.94 cm³/mol. The minimum absolute atomic E-state index is 0. The molecule has 0 rings (SSSR count). The first-order chi connectivity index (χ1) is 0. The normalized spacial score (nSPS) is 0. The third kappa shape index (κ3) is 8.84. The molecule has 0 radical (unpaired) electrons. The molecule has 0 saturated carbocycles. The van der Waals surface area contributed by atoms with E-state index in [9.17, 15) is 0 Å². The van der Waals surface area contributed by atoms with Gasteiger partial charge >= 0.3 is 0 Å². The van der Waals surface area contributed by atoms with E-state index in [4.69, 9.17) is 0 Å². The van der Waals surface area contributed by atoms with Crippen LogP contribution in [0.25, 0.3) is 0 Å². The molecule has 4 heavy (non-hydrogen) atoms. The van der Waals surface area contributed by atoms with Gasteiger partial charge in [-0.1, -0.05) is 0 Å². The van der Waals surface area contributed by atoms with Crippen molar-refractivity contribution in [3.63, 3.8) is 0 Å². The van der Waals surface area contributed by atoms with E-state index >= 15 is 0 Å². The molecule has 0 unspecified atom stereocenters. The monoisotopic (exact) mass is 528 g/mol. The Bertz CT molecular complexity index is 8.00. The maximum atomic E-state index is 0. The summed E-state index contributed by atoms with van der Waals surface area (Å²) >= 11 is 0. The Morgan fingerprint density at radius 2 is 1.00 bits per heavy atom. The summed E-state index contributed by atoms with van der Waals surface area (Å²) in [6.07, 6.45) is 0. The van der Waals surface area contributed by atoms with Crippen LogP contribution in [0.5, 0.6) is 0 Å². The van der Waals surface area contributed by atoms with Gasteiger partial charge < -0.3 is 0 Å². The van der Waals surface area contributed by atoms with Crippen LogP contribution >= 0.6 is 0 Å². The smallest absolute Gasteiger partial charge is 0 e. The van der Waals surface area contributed by atoms with Crippen molar-refractivity contribution in [2.45, 2.75) is 0 Å². The van der Waals surface area contributed by atoms with Crippen LogP contribution in [-0.2, 0) is 42.1 Å². The topological polar surface area (TPSA) is 0 Å². The molecule has 0 fully saturated rings. The van der Waals surface area contributed by atoms with Crippen molar-refractivity contribution >= 4 is 8.41 Å². The zero-order valence-electron chi connectivity index (χ0n) is 1.32. The van der Waals surface area contributed by atoms with Gasteiger partial charge in [0.2, 0.25) is 0 Å². The molecular formula is H3BMoThW. The molecule has 0 aromatic carbocycles. The fourth-order valence-electron chi connectivity index (χ4n) is 0. The molecule has 0 nitrogen and oxygen atoms in total. The van der Waals surface area contributed by atoms with Crippen LogP contribution < -0.4 is 0 Å². The Morgan fingerprint density at radius 1 is 1.00 bits per heavy atom. The Labute approximate surface area is 88.7 Å². The van der Waals surface area contributed by atoms with Crippen molar-refractivity contribution in [3.8, 4) is 0 Å². The summed E-state index contributed by atoms with van der Waals surface area (Å²) in [6, 6.07) is 0. The third-order valence-corrected chi connectivity index (χ3v) is 0. The zero-order chi connectivity index (χ0) is 0. The molecule has 0 aliphatic heterocycles. The quantitative estimate of drug-likeness (QED) is 0.349. The van der Waals surface area contributed by atoms with Crippen molar-refractivity contribution in [3.05, 3.63) is 0 Å². The van der Waals surface area contributed by atoms with Crippen LogP contribution in [0.15, 0.2) is 0 Å². The van der Waals surface area contributed by atoms with Crippen molar-refractivity contribution < 1.29 is 82.1 Å². The molecule has 0 atom stereocenters. The first-order valence-corrected chi connectivity index (χ1v) is 0. The Balaban J connectivity index is 0. The average molecular weight is 526 g/mol. The summed E-state index contributed by atoms with van der Waals surface area (Å²) in [6.45, 7) is 0. The largest absolute Gasteiger partial charge is 0.0814 e. The number of hydrogen-bond acceptors (Lipinski definition) is 0. The van der Waals surface area contributed by atoms with Gasteiger partial charge in [0.15, 0.2) is 0 Å². The maximum Gasteiger partial charge on any atom is 0.0814 e. The van der Waals surface area contributed by atoms with Gasteiger partial charge in [-0.25, -0.2) is 0 Å². The van der Waals surface area contributed by atoms with Crippen LogP contribution in [0.2, 0.25) is 0 Å². The molecule has 22 valence electrons. The third-order valence-electron chi connectivity index (χ3n) is 0. The van der Waals surface area contributed by atoms with Crippen LogP contribution in [0.3, 0.4) is 0 Å².